The van der Waals surface area contributed by atoms with E-state index in [-0.39, 0.29) is 11.3 Å². The lowest BCUT2D eigenvalue weighted by molar-refractivity contribution is 0.00698. The summed E-state index contributed by atoms with van der Waals surface area (Å²) in [5.41, 5.74) is 1.58. The fourth-order valence-corrected chi connectivity index (χ4v) is 4.76. The van der Waals surface area contributed by atoms with Gasteiger partial charge < -0.3 is 14.5 Å². The molecule has 0 bridgehead atoms. The van der Waals surface area contributed by atoms with Gasteiger partial charge in [-0.05, 0) is 33.0 Å². The molecule has 2 saturated heterocycles. The van der Waals surface area contributed by atoms with E-state index in [1.807, 2.05) is 36.2 Å². The molecule has 29 heavy (non-hydrogen) atoms. The summed E-state index contributed by atoms with van der Waals surface area (Å²) in [6.07, 6.45) is 2.12. The van der Waals surface area contributed by atoms with Crippen LogP contribution in [0.2, 0.25) is 0 Å². The number of fused-ring (bicyclic) bond motifs is 1. The van der Waals surface area contributed by atoms with Crippen molar-refractivity contribution in [2.24, 2.45) is 12.5 Å². The summed E-state index contributed by atoms with van der Waals surface area (Å²) < 4.78 is 7.83. The van der Waals surface area contributed by atoms with Crippen LogP contribution >= 0.6 is 0 Å². The van der Waals surface area contributed by atoms with Gasteiger partial charge in [0.05, 0.1) is 18.7 Å². The molecule has 4 rings (SSSR count). The first kappa shape index (κ1) is 20.3. The minimum atomic E-state index is 0.0152. The second kappa shape index (κ2) is 8.42. The highest BCUT2D eigenvalue weighted by molar-refractivity contribution is 6.04. The lowest BCUT2D eigenvalue weighted by Gasteiger charge is -2.43. The van der Waals surface area contributed by atoms with Gasteiger partial charge in [0, 0.05) is 57.1 Å². The van der Waals surface area contributed by atoms with Gasteiger partial charge in [-0.2, -0.15) is 5.10 Å². The number of hydrogen-bond acceptors (Lipinski definition) is 5. The lowest BCUT2D eigenvalue weighted by atomic mass is 9.80. The minimum Gasteiger partial charge on any atom is -0.379 e. The van der Waals surface area contributed by atoms with Crippen molar-refractivity contribution in [1.29, 1.82) is 0 Å². The van der Waals surface area contributed by atoms with Crippen LogP contribution in [0.4, 0.5) is 0 Å². The Labute approximate surface area is 173 Å². The highest BCUT2D eigenvalue weighted by atomic mass is 16.5. The van der Waals surface area contributed by atoms with Crippen LogP contribution in [0.1, 0.15) is 23.3 Å². The summed E-state index contributed by atoms with van der Waals surface area (Å²) in [4.78, 5) is 20.2. The monoisotopic (exact) mass is 399 g/mol. The van der Waals surface area contributed by atoms with E-state index in [1.165, 1.54) is 0 Å². The van der Waals surface area contributed by atoms with Crippen LogP contribution in [0, 0.1) is 5.41 Å². The number of likely N-dealkylation sites (N-methyl/N-ethyl adjacent to an activating group) is 1. The van der Waals surface area contributed by atoms with Crippen molar-refractivity contribution in [2.75, 3.05) is 66.6 Å². The molecule has 2 fully saturated rings. The van der Waals surface area contributed by atoms with Gasteiger partial charge in [-0.3, -0.25) is 14.4 Å². The summed E-state index contributed by atoms with van der Waals surface area (Å²) in [5, 5.41) is 5.49. The van der Waals surface area contributed by atoms with E-state index in [0.29, 0.717) is 5.69 Å². The first-order chi connectivity index (χ1) is 14.0. The van der Waals surface area contributed by atoms with E-state index in [9.17, 15) is 4.79 Å². The number of ether oxygens (including phenoxy) is 1. The molecule has 3 heterocycles. The third-order valence-electron chi connectivity index (χ3n) is 6.29. The van der Waals surface area contributed by atoms with Crippen molar-refractivity contribution in [2.45, 2.75) is 12.8 Å². The van der Waals surface area contributed by atoms with Gasteiger partial charge in [0.15, 0.2) is 5.69 Å². The van der Waals surface area contributed by atoms with Crippen LogP contribution in [-0.2, 0) is 11.8 Å². The third-order valence-corrected chi connectivity index (χ3v) is 6.29. The van der Waals surface area contributed by atoms with Gasteiger partial charge in [-0.1, -0.05) is 18.2 Å². The van der Waals surface area contributed by atoms with E-state index in [2.05, 4.69) is 29.0 Å². The first-order valence-electron chi connectivity index (χ1n) is 10.6. The van der Waals surface area contributed by atoms with Gasteiger partial charge in [-0.15, -0.1) is 0 Å². The number of para-hydroxylation sites is 1. The number of nitrogens with zero attached hydrogens (tertiary/aromatic N) is 5. The van der Waals surface area contributed by atoms with Crippen molar-refractivity contribution < 1.29 is 9.53 Å². The fraction of sp³-hybridized carbons (Fsp3) is 0.636. The van der Waals surface area contributed by atoms with Gasteiger partial charge >= 0.3 is 0 Å². The Bertz CT molecular complexity index is 864. The Morgan fingerprint density at radius 1 is 1.24 bits per heavy atom. The van der Waals surface area contributed by atoms with Gasteiger partial charge in [0.2, 0.25) is 0 Å². The zero-order valence-corrected chi connectivity index (χ0v) is 17.9. The number of aromatic nitrogens is 2. The normalized spacial score (nSPS) is 23.8. The molecular formula is C22H33N5O2. The Morgan fingerprint density at radius 3 is 2.90 bits per heavy atom. The molecule has 158 valence electrons. The summed E-state index contributed by atoms with van der Waals surface area (Å²) in [5.74, 6) is 0.0463. The maximum Gasteiger partial charge on any atom is 0.275 e. The SMILES string of the molecule is CN(C)CCN1CCOCC2(CCCN(C(=O)c3nn(C)c4ccccc34)C2)C1. The van der Waals surface area contributed by atoms with Crippen molar-refractivity contribution in [3.63, 3.8) is 0 Å². The molecule has 2 aliphatic heterocycles. The summed E-state index contributed by atoms with van der Waals surface area (Å²) >= 11 is 0. The molecule has 7 heteroatoms. The minimum absolute atomic E-state index is 0.0152. The second-order valence-corrected chi connectivity index (χ2v) is 8.95. The number of amides is 1. The van der Waals surface area contributed by atoms with Crippen LogP contribution in [-0.4, -0.2) is 97.0 Å². The van der Waals surface area contributed by atoms with E-state index in [4.69, 9.17) is 4.74 Å². The average Bonchev–Trinajstić information content (AvgIpc) is 2.93. The molecule has 1 unspecified atom stereocenters. The topological polar surface area (TPSA) is 53.8 Å². The number of benzene rings is 1. The lowest BCUT2D eigenvalue weighted by Crippen LogP contribution is -2.52. The van der Waals surface area contributed by atoms with Crippen LogP contribution < -0.4 is 0 Å². The molecule has 0 saturated carbocycles. The van der Waals surface area contributed by atoms with Crippen molar-refractivity contribution in [1.82, 2.24) is 24.5 Å². The molecule has 0 aliphatic carbocycles. The van der Waals surface area contributed by atoms with Gasteiger partial charge in [-0.25, -0.2) is 0 Å². The Morgan fingerprint density at radius 2 is 2.07 bits per heavy atom. The molecule has 0 N–H and O–H groups in total. The van der Waals surface area contributed by atoms with Crippen molar-refractivity contribution in [3.05, 3.63) is 30.0 Å². The number of piperidine rings is 1. The Balaban J connectivity index is 1.53. The van der Waals surface area contributed by atoms with Crippen LogP contribution in [0.15, 0.2) is 24.3 Å². The van der Waals surface area contributed by atoms with E-state index < -0.39 is 0 Å². The number of carbonyl (C=O) groups excluding carboxylic acids is 1. The quantitative estimate of drug-likeness (QED) is 0.783. The number of hydrogen-bond donors (Lipinski definition) is 0. The largest absolute Gasteiger partial charge is 0.379 e. The smallest absolute Gasteiger partial charge is 0.275 e. The molecule has 1 aromatic carbocycles. The number of rotatable bonds is 4. The molecule has 2 aliphatic rings. The molecule has 0 radical (unpaired) electrons. The van der Waals surface area contributed by atoms with Crippen LogP contribution in [0.5, 0.6) is 0 Å². The predicted octanol–water partition coefficient (Wildman–Crippen LogP) is 1.69. The molecule has 2 aromatic rings. The van der Waals surface area contributed by atoms with E-state index >= 15 is 0 Å². The molecule has 7 nitrogen and oxygen atoms in total. The highest BCUT2D eigenvalue weighted by Crippen LogP contribution is 2.34. The zero-order chi connectivity index (χ0) is 20.4. The fourth-order valence-electron chi connectivity index (χ4n) is 4.76. The van der Waals surface area contributed by atoms with E-state index in [1.54, 1.807) is 4.68 Å². The average molecular weight is 400 g/mol. The highest BCUT2D eigenvalue weighted by Gasteiger charge is 2.40. The molecule has 1 amide bonds. The number of aryl methyl sites for hydroxylation is 1. The van der Waals surface area contributed by atoms with Crippen molar-refractivity contribution in [3.8, 4) is 0 Å². The summed E-state index contributed by atoms with van der Waals surface area (Å²) in [6.45, 7) is 7.09. The first-order valence-corrected chi connectivity index (χ1v) is 10.6. The Hall–Kier alpha value is -1.96. The van der Waals surface area contributed by atoms with Crippen LogP contribution in [0.25, 0.3) is 10.9 Å². The molecular weight excluding hydrogens is 366 g/mol. The molecule has 1 spiro atoms. The van der Waals surface area contributed by atoms with Crippen molar-refractivity contribution >= 4 is 16.8 Å². The summed E-state index contributed by atoms with van der Waals surface area (Å²) in [7, 11) is 6.13. The zero-order valence-electron chi connectivity index (χ0n) is 17.9. The number of carbonyl (C=O) groups is 1. The predicted molar refractivity (Wildman–Crippen MR) is 114 cm³/mol. The van der Waals surface area contributed by atoms with Gasteiger partial charge in [0.1, 0.15) is 0 Å². The number of likely N-dealkylation sites (tertiary alicyclic amines) is 1. The maximum atomic E-state index is 13.4. The van der Waals surface area contributed by atoms with Crippen LogP contribution in [0.3, 0.4) is 0 Å². The van der Waals surface area contributed by atoms with Gasteiger partial charge in [0.25, 0.3) is 5.91 Å². The molecule has 1 aromatic heterocycles. The maximum absolute atomic E-state index is 13.4. The standard InChI is InChI=1S/C22H33N5O2/c1-24(2)11-12-26-13-14-29-17-22(15-26)9-6-10-27(16-22)21(28)20-18-7-4-5-8-19(18)25(3)23-20/h4-5,7-8H,6,9-17H2,1-3H3. The third kappa shape index (κ3) is 4.32. The Kier molecular flexibility index (Phi) is 5.90. The summed E-state index contributed by atoms with van der Waals surface area (Å²) in [6, 6.07) is 7.96. The van der Waals surface area contributed by atoms with E-state index in [0.717, 1.165) is 76.2 Å². The second-order valence-electron chi connectivity index (χ2n) is 8.95. The molecule has 1 atom stereocenters.